The van der Waals surface area contributed by atoms with Gasteiger partial charge in [-0.1, -0.05) is 18.2 Å². The molecule has 1 aliphatic rings. The summed E-state index contributed by atoms with van der Waals surface area (Å²) in [7, 11) is 0. The topological polar surface area (TPSA) is 46.3 Å². The smallest absolute Gasteiger partial charge is 0.315 e. The van der Waals surface area contributed by atoms with E-state index >= 15 is 0 Å². The number of carbonyl (C=O) groups is 1. The molecule has 2 rings (SSSR count). The number of urea groups is 1. The summed E-state index contributed by atoms with van der Waals surface area (Å²) in [5, 5.41) is 0. The molecule has 1 aromatic carbocycles. The van der Waals surface area contributed by atoms with Gasteiger partial charge in [-0.25, -0.2) is 9.18 Å². The van der Waals surface area contributed by atoms with Gasteiger partial charge in [0.25, 0.3) is 0 Å². The van der Waals surface area contributed by atoms with Gasteiger partial charge in [-0.3, -0.25) is 0 Å². The minimum Gasteiger partial charge on any atom is -0.351 e. The van der Waals surface area contributed by atoms with Gasteiger partial charge in [0, 0.05) is 13.1 Å². The molecule has 0 saturated heterocycles. The van der Waals surface area contributed by atoms with Crippen molar-refractivity contribution in [3.63, 3.8) is 0 Å². The minimum absolute atomic E-state index is 0.237. The summed E-state index contributed by atoms with van der Waals surface area (Å²) in [6, 6.07) is 5.99. The van der Waals surface area contributed by atoms with Crippen LogP contribution < -0.4 is 5.73 Å². The van der Waals surface area contributed by atoms with Crippen LogP contribution in [0.4, 0.5) is 9.18 Å². The fraction of sp³-hybridized carbons (Fsp3) is 0.250. The van der Waals surface area contributed by atoms with Gasteiger partial charge in [-0.05, 0) is 29.7 Å². The van der Waals surface area contributed by atoms with Gasteiger partial charge in [0.15, 0.2) is 0 Å². The lowest BCUT2D eigenvalue weighted by atomic mass is 10.00. The van der Waals surface area contributed by atoms with E-state index in [9.17, 15) is 9.18 Å². The highest BCUT2D eigenvalue weighted by atomic mass is 19.1. The molecule has 0 radical (unpaired) electrons. The monoisotopic (exact) mass is 220 g/mol. The highest BCUT2D eigenvalue weighted by molar-refractivity contribution is 5.75. The Kier molecular flexibility index (Phi) is 2.90. The van der Waals surface area contributed by atoms with Gasteiger partial charge in [0.2, 0.25) is 0 Å². The van der Waals surface area contributed by atoms with E-state index in [0.717, 1.165) is 17.6 Å². The fourth-order valence-electron chi connectivity index (χ4n) is 1.80. The maximum Gasteiger partial charge on any atom is 0.315 e. The lowest BCUT2D eigenvalue weighted by Gasteiger charge is -2.24. The third-order valence-electron chi connectivity index (χ3n) is 2.74. The van der Waals surface area contributed by atoms with E-state index in [0.29, 0.717) is 13.1 Å². The molecule has 16 heavy (non-hydrogen) atoms. The van der Waals surface area contributed by atoms with Gasteiger partial charge in [0.05, 0.1) is 0 Å². The van der Waals surface area contributed by atoms with E-state index in [1.165, 1.54) is 12.1 Å². The molecule has 0 aromatic heterocycles. The maximum atomic E-state index is 12.7. The number of hydrogen-bond donors (Lipinski definition) is 1. The van der Waals surface area contributed by atoms with Gasteiger partial charge < -0.3 is 10.6 Å². The van der Waals surface area contributed by atoms with Crippen molar-refractivity contribution in [1.29, 1.82) is 0 Å². The second kappa shape index (κ2) is 4.35. The van der Waals surface area contributed by atoms with Crippen molar-refractivity contribution in [2.75, 3.05) is 13.1 Å². The summed E-state index contributed by atoms with van der Waals surface area (Å²) < 4.78 is 12.7. The molecule has 4 heteroatoms. The van der Waals surface area contributed by atoms with E-state index in [2.05, 4.69) is 0 Å². The summed E-state index contributed by atoms with van der Waals surface area (Å²) in [5.41, 5.74) is 7.32. The van der Waals surface area contributed by atoms with Crippen LogP contribution in [0, 0.1) is 5.82 Å². The number of hydrogen-bond acceptors (Lipinski definition) is 1. The van der Waals surface area contributed by atoms with Crippen molar-refractivity contribution in [2.24, 2.45) is 5.73 Å². The second-order valence-electron chi connectivity index (χ2n) is 3.77. The number of primary amides is 1. The van der Waals surface area contributed by atoms with Crippen molar-refractivity contribution in [3.05, 3.63) is 41.7 Å². The van der Waals surface area contributed by atoms with Crippen molar-refractivity contribution < 1.29 is 9.18 Å². The summed E-state index contributed by atoms with van der Waals surface area (Å²) in [5.74, 6) is -0.237. The Morgan fingerprint density at radius 2 is 2.00 bits per heavy atom. The van der Waals surface area contributed by atoms with Crippen molar-refractivity contribution in [2.45, 2.75) is 6.42 Å². The zero-order chi connectivity index (χ0) is 11.5. The first-order valence-electron chi connectivity index (χ1n) is 5.16. The minimum atomic E-state index is -0.394. The molecule has 0 bridgehead atoms. The molecular formula is C12H13FN2O. The van der Waals surface area contributed by atoms with Crippen LogP contribution in [-0.2, 0) is 0 Å². The molecule has 0 saturated carbocycles. The zero-order valence-corrected chi connectivity index (χ0v) is 8.82. The maximum absolute atomic E-state index is 12.7. The number of amides is 2. The van der Waals surface area contributed by atoms with Gasteiger partial charge in [-0.2, -0.15) is 0 Å². The largest absolute Gasteiger partial charge is 0.351 e. The van der Waals surface area contributed by atoms with Crippen LogP contribution in [0.1, 0.15) is 12.0 Å². The molecule has 84 valence electrons. The Morgan fingerprint density at radius 1 is 1.31 bits per heavy atom. The van der Waals surface area contributed by atoms with Crippen molar-refractivity contribution in [1.82, 2.24) is 4.90 Å². The van der Waals surface area contributed by atoms with Gasteiger partial charge in [-0.15, -0.1) is 0 Å². The van der Waals surface area contributed by atoms with Crippen LogP contribution >= 0.6 is 0 Å². The van der Waals surface area contributed by atoms with E-state index in [-0.39, 0.29) is 5.82 Å². The standard InChI is InChI=1S/C12H13FN2O/c13-11-3-1-9(2-4-11)10-5-7-15(8-6-10)12(14)16/h1-5H,6-8H2,(H2,14,16). The molecule has 0 fully saturated rings. The molecule has 2 N–H and O–H groups in total. The number of carbonyl (C=O) groups excluding carboxylic acids is 1. The van der Waals surface area contributed by atoms with Gasteiger partial charge in [0.1, 0.15) is 5.82 Å². The summed E-state index contributed by atoms with van der Waals surface area (Å²) in [6.07, 6.45) is 2.72. The summed E-state index contributed by atoms with van der Waals surface area (Å²) in [4.78, 5) is 12.5. The van der Waals surface area contributed by atoms with E-state index in [4.69, 9.17) is 5.73 Å². The molecule has 0 spiro atoms. The first-order valence-corrected chi connectivity index (χ1v) is 5.16. The first-order chi connectivity index (χ1) is 7.66. The molecule has 0 unspecified atom stereocenters. The predicted molar refractivity (Wildman–Crippen MR) is 60.2 cm³/mol. The average molecular weight is 220 g/mol. The Balaban J connectivity index is 2.13. The number of nitrogens with zero attached hydrogens (tertiary/aromatic N) is 1. The highest BCUT2D eigenvalue weighted by Crippen LogP contribution is 2.22. The van der Waals surface area contributed by atoms with Gasteiger partial charge >= 0.3 is 6.03 Å². The summed E-state index contributed by atoms with van der Waals surface area (Å²) >= 11 is 0. The van der Waals surface area contributed by atoms with E-state index in [1.807, 2.05) is 6.08 Å². The number of nitrogens with two attached hydrogens (primary N) is 1. The zero-order valence-electron chi connectivity index (χ0n) is 8.82. The molecule has 0 aliphatic carbocycles. The third kappa shape index (κ3) is 2.21. The van der Waals surface area contributed by atoms with Crippen LogP contribution in [0.2, 0.25) is 0 Å². The van der Waals surface area contributed by atoms with Crippen LogP contribution in [0.3, 0.4) is 0 Å². The Hall–Kier alpha value is -1.84. The average Bonchev–Trinajstić information content (AvgIpc) is 2.30. The molecular weight excluding hydrogens is 207 g/mol. The lowest BCUT2D eigenvalue weighted by molar-refractivity contribution is 0.213. The normalized spacial score (nSPS) is 15.8. The predicted octanol–water partition coefficient (Wildman–Crippen LogP) is 1.99. The fourth-order valence-corrected chi connectivity index (χ4v) is 1.80. The first kappa shape index (κ1) is 10.7. The number of benzene rings is 1. The summed E-state index contributed by atoms with van der Waals surface area (Å²) in [6.45, 7) is 1.15. The van der Waals surface area contributed by atoms with Crippen molar-refractivity contribution in [3.8, 4) is 0 Å². The highest BCUT2D eigenvalue weighted by Gasteiger charge is 2.15. The Labute approximate surface area is 93.4 Å². The van der Waals surface area contributed by atoms with Crippen molar-refractivity contribution >= 4 is 11.6 Å². The molecule has 1 aliphatic heterocycles. The van der Waals surface area contributed by atoms with Crippen LogP contribution in [0.15, 0.2) is 30.3 Å². The number of rotatable bonds is 1. The molecule has 2 amide bonds. The third-order valence-corrected chi connectivity index (χ3v) is 2.74. The van der Waals surface area contributed by atoms with E-state index < -0.39 is 6.03 Å². The second-order valence-corrected chi connectivity index (χ2v) is 3.77. The Bertz CT molecular complexity index is 425. The van der Waals surface area contributed by atoms with Crippen LogP contribution in [0.25, 0.3) is 5.57 Å². The number of halogens is 1. The lowest BCUT2D eigenvalue weighted by Crippen LogP contribution is -2.38. The quantitative estimate of drug-likeness (QED) is 0.773. The molecule has 3 nitrogen and oxygen atoms in total. The van der Waals surface area contributed by atoms with Crippen LogP contribution in [0.5, 0.6) is 0 Å². The van der Waals surface area contributed by atoms with E-state index in [1.54, 1.807) is 17.0 Å². The molecule has 1 aromatic rings. The molecule has 1 heterocycles. The SMILES string of the molecule is NC(=O)N1CC=C(c2ccc(F)cc2)CC1. The Morgan fingerprint density at radius 3 is 2.50 bits per heavy atom. The molecule has 0 atom stereocenters. The van der Waals surface area contributed by atoms with Crippen LogP contribution in [-0.4, -0.2) is 24.0 Å².